The zero-order chi connectivity index (χ0) is 10.7. The summed E-state index contributed by atoms with van der Waals surface area (Å²) in [5.74, 6) is 1.01. The Hall–Kier alpha value is -0.0800. The van der Waals surface area contributed by atoms with Crippen LogP contribution in [0.25, 0.3) is 0 Å². The second-order valence-electron chi connectivity index (χ2n) is 5.43. The molecule has 2 unspecified atom stereocenters. The first-order valence-corrected chi connectivity index (χ1v) is 6.77. The van der Waals surface area contributed by atoms with Crippen molar-refractivity contribution in [2.75, 3.05) is 19.6 Å². The molecular formula is C13H26N2. The largest absolute Gasteiger partial charge is 0.313 e. The molecule has 0 aromatic carbocycles. The Morgan fingerprint density at radius 1 is 1.13 bits per heavy atom. The molecule has 2 aliphatic heterocycles. The van der Waals surface area contributed by atoms with Crippen molar-refractivity contribution in [2.24, 2.45) is 5.92 Å². The second-order valence-corrected chi connectivity index (χ2v) is 5.43. The molecule has 0 spiro atoms. The number of likely N-dealkylation sites (tertiary alicyclic amines) is 1. The van der Waals surface area contributed by atoms with E-state index in [0.717, 1.165) is 18.0 Å². The van der Waals surface area contributed by atoms with Gasteiger partial charge in [0.15, 0.2) is 0 Å². The highest BCUT2D eigenvalue weighted by atomic mass is 15.2. The van der Waals surface area contributed by atoms with Crippen LogP contribution >= 0.6 is 0 Å². The molecule has 2 fully saturated rings. The van der Waals surface area contributed by atoms with Gasteiger partial charge in [0.05, 0.1) is 0 Å². The Bertz CT molecular complexity index is 177. The van der Waals surface area contributed by atoms with E-state index < -0.39 is 0 Å². The van der Waals surface area contributed by atoms with Gasteiger partial charge in [0, 0.05) is 18.6 Å². The minimum Gasteiger partial charge on any atom is -0.313 e. The van der Waals surface area contributed by atoms with Crippen molar-refractivity contribution in [1.82, 2.24) is 10.2 Å². The third kappa shape index (κ3) is 2.94. The number of nitrogens with one attached hydrogen (secondary N) is 1. The van der Waals surface area contributed by atoms with Crippen LogP contribution in [0.1, 0.15) is 46.0 Å². The number of hydrogen-bond acceptors (Lipinski definition) is 2. The maximum absolute atomic E-state index is 3.61. The minimum atomic E-state index is 0.745. The molecule has 0 aliphatic carbocycles. The van der Waals surface area contributed by atoms with Crippen molar-refractivity contribution in [3.8, 4) is 0 Å². The first-order valence-electron chi connectivity index (χ1n) is 6.77. The van der Waals surface area contributed by atoms with Crippen LogP contribution in [0.5, 0.6) is 0 Å². The number of rotatable bonds is 2. The zero-order valence-corrected chi connectivity index (χ0v) is 10.3. The molecule has 15 heavy (non-hydrogen) atoms. The number of nitrogens with zero attached hydrogens (tertiary/aromatic N) is 1. The molecule has 0 radical (unpaired) electrons. The summed E-state index contributed by atoms with van der Waals surface area (Å²) >= 11 is 0. The fourth-order valence-corrected chi connectivity index (χ4v) is 3.02. The van der Waals surface area contributed by atoms with Crippen LogP contribution in [0.2, 0.25) is 0 Å². The fourth-order valence-electron chi connectivity index (χ4n) is 3.02. The molecule has 0 saturated carbocycles. The predicted octanol–water partition coefficient (Wildman–Crippen LogP) is 2.25. The maximum Gasteiger partial charge on any atom is 0.0221 e. The normalized spacial score (nSPS) is 35.6. The highest BCUT2D eigenvalue weighted by Gasteiger charge is 2.26. The quantitative estimate of drug-likeness (QED) is 0.752. The van der Waals surface area contributed by atoms with Crippen molar-refractivity contribution in [1.29, 1.82) is 0 Å². The first kappa shape index (κ1) is 11.4. The molecule has 2 aliphatic rings. The van der Waals surface area contributed by atoms with Gasteiger partial charge in [-0.05, 0) is 51.6 Å². The van der Waals surface area contributed by atoms with Gasteiger partial charge < -0.3 is 5.32 Å². The highest BCUT2D eigenvalue weighted by molar-refractivity contribution is 4.84. The molecule has 1 N–H and O–H groups in total. The lowest BCUT2D eigenvalue weighted by Gasteiger charge is -2.40. The minimum absolute atomic E-state index is 0.745. The molecule has 2 nitrogen and oxygen atoms in total. The summed E-state index contributed by atoms with van der Waals surface area (Å²) in [5.41, 5.74) is 0. The van der Waals surface area contributed by atoms with Crippen LogP contribution in [-0.4, -0.2) is 36.6 Å². The van der Waals surface area contributed by atoms with Gasteiger partial charge in [-0.1, -0.05) is 13.3 Å². The van der Waals surface area contributed by atoms with E-state index in [0.29, 0.717) is 0 Å². The summed E-state index contributed by atoms with van der Waals surface area (Å²) in [7, 11) is 0. The molecule has 2 heteroatoms. The number of hydrogen-bond donors (Lipinski definition) is 1. The van der Waals surface area contributed by atoms with Crippen LogP contribution in [0.4, 0.5) is 0 Å². The van der Waals surface area contributed by atoms with Gasteiger partial charge in [0.25, 0.3) is 0 Å². The van der Waals surface area contributed by atoms with Crippen molar-refractivity contribution in [3.63, 3.8) is 0 Å². The lowest BCUT2D eigenvalue weighted by molar-refractivity contribution is 0.106. The van der Waals surface area contributed by atoms with Crippen molar-refractivity contribution >= 4 is 0 Å². The fraction of sp³-hybridized carbons (Fsp3) is 1.00. The smallest absolute Gasteiger partial charge is 0.0221 e. The van der Waals surface area contributed by atoms with Gasteiger partial charge in [-0.3, -0.25) is 4.90 Å². The zero-order valence-electron chi connectivity index (χ0n) is 10.3. The monoisotopic (exact) mass is 210 g/mol. The summed E-state index contributed by atoms with van der Waals surface area (Å²) in [6, 6.07) is 1.58. The molecule has 88 valence electrons. The summed E-state index contributed by atoms with van der Waals surface area (Å²) in [5, 5.41) is 3.61. The van der Waals surface area contributed by atoms with Crippen molar-refractivity contribution in [3.05, 3.63) is 0 Å². The van der Waals surface area contributed by atoms with Gasteiger partial charge in [-0.2, -0.15) is 0 Å². The van der Waals surface area contributed by atoms with E-state index in [-0.39, 0.29) is 0 Å². The molecule has 0 amide bonds. The summed E-state index contributed by atoms with van der Waals surface area (Å²) < 4.78 is 0. The molecular weight excluding hydrogens is 184 g/mol. The molecule has 2 saturated heterocycles. The summed E-state index contributed by atoms with van der Waals surface area (Å²) in [6.07, 6.45) is 7.02. The third-order valence-corrected chi connectivity index (χ3v) is 4.38. The standard InChI is InChI=1S/C13H26N2/c1-3-12-6-8-15(9-7-12)13-5-4-11(2)14-10-13/h11-14H,3-10H2,1-2H3. The van der Waals surface area contributed by atoms with Gasteiger partial charge in [0.1, 0.15) is 0 Å². The van der Waals surface area contributed by atoms with Crippen LogP contribution in [0, 0.1) is 5.92 Å². The molecule has 0 bridgehead atoms. The van der Waals surface area contributed by atoms with E-state index in [1.807, 2.05) is 0 Å². The average molecular weight is 210 g/mol. The molecule has 0 aromatic heterocycles. The Morgan fingerprint density at radius 2 is 1.87 bits per heavy atom. The Labute approximate surface area is 94.4 Å². The first-order chi connectivity index (χ1) is 7.29. The average Bonchev–Trinajstić information content (AvgIpc) is 2.30. The lowest BCUT2D eigenvalue weighted by atomic mass is 9.92. The van der Waals surface area contributed by atoms with E-state index >= 15 is 0 Å². The van der Waals surface area contributed by atoms with Gasteiger partial charge >= 0.3 is 0 Å². The molecule has 2 heterocycles. The SMILES string of the molecule is CCC1CCN(C2CCC(C)NC2)CC1. The molecule has 2 atom stereocenters. The molecule has 2 rings (SSSR count). The van der Waals surface area contributed by atoms with E-state index in [4.69, 9.17) is 0 Å². The van der Waals surface area contributed by atoms with Gasteiger partial charge in [-0.15, -0.1) is 0 Å². The highest BCUT2D eigenvalue weighted by Crippen LogP contribution is 2.23. The van der Waals surface area contributed by atoms with E-state index in [1.165, 1.54) is 51.7 Å². The predicted molar refractivity (Wildman–Crippen MR) is 65.1 cm³/mol. The Morgan fingerprint density at radius 3 is 2.40 bits per heavy atom. The van der Waals surface area contributed by atoms with Crippen LogP contribution in [-0.2, 0) is 0 Å². The second kappa shape index (κ2) is 5.31. The van der Waals surface area contributed by atoms with Crippen molar-refractivity contribution in [2.45, 2.75) is 58.0 Å². The molecule has 0 aromatic rings. The Balaban J connectivity index is 1.75. The van der Waals surface area contributed by atoms with E-state index in [2.05, 4.69) is 24.1 Å². The van der Waals surface area contributed by atoms with Crippen LogP contribution in [0.3, 0.4) is 0 Å². The van der Waals surface area contributed by atoms with E-state index in [9.17, 15) is 0 Å². The van der Waals surface area contributed by atoms with Crippen LogP contribution < -0.4 is 5.32 Å². The third-order valence-electron chi connectivity index (χ3n) is 4.38. The van der Waals surface area contributed by atoms with Crippen molar-refractivity contribution < 1.29 is 0 Å². The van der Waals surface area contributed by atoms with Gasteiger partial charge in [-0.25, -0.2) is 0 Å². The Kier molecular flexibility index (Phi) is 4.04. The summed E-state index contributed by atoms with van der Waals surface area (Å²) in [6.45, 7) is 8.56. The topological polar surface area (TPSA) is 15.3 Å². The number of piperidine rings is 2. The maximum atomic E-state index is 3.61. The van der Waals surface area contributed by atoms with Crippen LogP contribution in [0.15, 0.2) is 0 Å². The summed E-state index contributed by atoms with van der Waals surface area (Å²) in [4.78, 5) is 2.73. The van der Waals surface area contributed by atoms with Gasteiger partial charge in [0.2, 0.25) is 0 Å². The van der Waals surface area contributed by atoms with E-state index in [1.54, 1.807) is 0 Å². The lowest BCUT2D eigenvalue weighted by Crippen LogP contribution is -2.51.